The Morgan fingerprint density at radius 1 is 1.24 bits per heavy atom. The Labute approximate surface area is 98.5 Å². The molecule has 1 aromatic carbocycles. The first-order chi connectivity index (χ1) is 7.93. The second-order valence-electron chi connectivity index (χ2n) is 3.89. The fourth-order valence-electron chi connectivity index (χ4n) is 1.34. The van der Waals surface area contributed by atoms with Gasteiger partial charge in [0.05, 0.1) is 11.7 Å². The molecule has 1 unspecified atom stereocenters. The van der Waals surface area contributed by atoms with Crippen LogP contribution in [0.2, 0.25) is 0 Å². The summed E-state index contributed by atoms with van der Waals surface area (Å²) in [4.78, 5) is 0. The van der Waals surface area contributed by atoms with E-state index in [-0.39, 0.29) is 0 Å². The van der Waals surface area contributed by atoms with Crippen molar-refractivity contribution in [2.75, 3.05) is 6.54 Å². The maximum atomic E-state index is 12.3. The standard InChI is InChI=1S/C12H16F3NO/c1-2-11(17)8-16-7-9-3-5-10(6-4-9)12(13,14)15/h3-6,11,16-17H,2,7-8H2,1H3. The van der Waals surface area contributed by atoms with Crippen LogP contribution in [0.15, 0.2) is 24.3 Å². The van der Waals surface area contributed by atoms with Gasteiger partial charge in [0.25, 0.3) is 0 Å². The van der Waals surface area contributed by atoms with Crippen molar-refractivity contribution in [1.29, 1.82) is 0 Å². The zero-order valence-corrected chi connectivity index (χ0v) is 9.59. The van der Waals surface area contributed by atoms with Gasteiger partial charge in [-0.1, -0.05) is 19.1 Å². The van der Waals surface area contributed by atoms with E-state index in [0.717, 1.165) is 17.7 Å². The van der Waals surface area contributed by atoms with Crippen LogP contribution in [-0.4, -0.2) is 17.8 Å². The first-order valence-electron chi connectivity index (χ1n) is 5.48. The first kappa shape index (κ1) is 14.0. The molecule has 0 heterocycles. The van der Waals surface area contributed by atoms with Gasteiger partial charge in [0, 0.05) is 13.1 Å². The van der Waals surface area contributed by atoms with E-state index in [9.17, 15) is 18.3 Å². The van der Waals surface area contributed by atoms with E-state index >= 15 is 0 Å². The number of benzene rings is 1. The molecule has 2 N–H and O–H groups in total. The molecule has 0 bridgehead atoms. The third-order valence-electron chi connectivity index (χ3n) is 2.46. The highest BCUT2D eigenvalue weighted by atomic mass is 19.4. The molecule has 17 heavy (non-hydrogen) atoms. The van der Waals surface area contributed by atoms with E-state index in [2.05, 4.69) is 5.32 Å². The lowest BCUT2D eigenvalue weighted by molar-refractivity contribution is -0.137. The summed E-state index contributed by atoms with van der Waals surface area (Å²) in [5.74, 6) is 0. The molecule has 0 aliphatic heterocycles. The fraction of sp³-hybridized carbons (Fsp3) is 0.500. The third kappa shape index (κ3) is 4.75. The number of alkyl halides is 3. The van der Waals surface area contributed by atoms with Crippen molar-refractivity contribution < 1.29 is 18.3 Å². The highest BCUT2D eigenvalue weighted by Crippen LogP contribution is 2.28. The largest absolute Gasteiger partial charge is 0.416 e. The van der Waals surface area contributed by atoms with E-state index in [4.69, 9.17) is 0 Å². The molecule has 96 valence electrons. The molecule has 0 spiro atoms. The molecule has 0 aliphatic rings. The summed E-state index contributed by atoms with van der Waals surface area (Å²) < 4.78 is 36.8. The Bertz CT molecular complexity index is 335. The molecule has 1 rings (SSSR count). The van der Waals surface area contributed by atoms with Crippen LogP contribution in [0.25, 0.3) is 0 Å². The quantitative estimate of drug-likeness (QED) is 0.838. The molecule has 2 nitrogen and oxygen atoms in total. The summed E-state index contributed by atoms with van der Waals surface area (Å²) in [6.45, 7) is 2.76. The molecule has 1 aromatic rings. The van der Waals surface area contributed by atoms with Crippen molar-refractivity contribution >= 4 is 0 Å². The molecule has 0 amide bonds. The Morgan fingerprint density at radius 3 is 2.29 bits per heavy atom. The molecule has 0 aliphatic carbocycles. The molecule has 0 saturated heterocycles. The summed E-state index contributed by atoms with van der Waals surface area (Å²) in [6.07, 6.45) is -4.05. The minimum atomic E-state index is -4.29. The third-order valence-corrected chi connectivity index (χ3v) is 2.46. The number of aliphatic hydroxyl groups is 1. The van der Waals surface area contributed by atoms with Crippen molar-refractivity contribution in [1.82, 2.24) is 5.32 Å². The molecule has 0 radical (unpaired) electrons. The Kier molecular flexibility index (Phi) is 4.96. The van der Waals surface area contributed by atoms with Gasteiger partial charge < -0.3 is 10.4 Å². The molecule has 0 saturated carbocycles. The van der Waals surface area contributed by atoms with Crippen LogP contribution in [0.4, 0.5) is 13.2 Å². The summed E-state index contributed by atoms with van der Waals surface area (Å²) in [5.41, 5.74) is 0.121. The lowest BCUT2D eigenvalue weighted by atomic mass is 10.1. The molecular formula is C12H16F3NO. The summed E-state index contributed by atoms with van der Waals surface area (Å²) in [7, 11) is 0. The maximum Gasteiger partial charge on any atom is 0.416 e. The van der Waals surface area contributed by atoms with Gasteiger partial charge in [-0.15, -0.1) is 0 Å². The summed E-state index contributed by atoms with van der Waals surface area (Å²) in [5, 5.41) is 12.3. The minimum absolute atomic E-state index is 0.413. The number of nitrogens with one attached hydrogen (secondary N) is 1. The SMILES string of the molecule is CCC(O)CNCc1ccc(C(F)(F)F)cc1. The van der Waals surface area contributed by atoms with E-state index in [1.807, 2.05) is 6.92 Å². The molecule has 1 atom stereocenters. The minimum Gasteiger partial charge on any atom is -0.392 e. The van der Waals surface area contributed by atoms with Gasteiger partial charge in [0.15, 0.2) is 0 Å². The molecule has 5 heteroatoms. The number of aliphatic hydroxyl groups excluding tert-OH is 1. The second-order valence-corrected chi connectivity index (χ2v) is 3.89. The lowest BCUT2D eigenvalue weighted by Gasteiger charge is -2.10. The van der Waals surface area contributed by atoms with Crippen LogP contribution in [-0.2, 0) is 12.7 Å². The van der Waals surface area contributed by atoms with Crippen molar-refractivity contribution in [3.63, 3.8) is 0 Å². The van der Waals surface area contributed by atoms with E-state index in [1.54, 1.807) is 0 Å². The monoisotopic (exact) mass is 247 g/mol. The summed E-state index contributed by atoms with van der Waals surface area (Å²) >= 11 is 0. The predicted octanol–water partition coefficient (Wildman–Crippen LogP) is 2.57. The van der Waals surface area contributed by atoms with Gasteiger partial charge in [-0.05, 0) is 24.1 Å². The molecule has 0 aromatic heterocycles. The van der Waals surface area contributed by atoms with Crippen LogP contribution in [0, 0.1) is 0 Å². The molecule has 0 fully saturated rings. The average molecular weight is 247 g/mol. The number of hydrogen-bond donors (Lipinski definition) is 2. The van der Waals surface area contributed by atoms with Gasteiger partial charge in [0.1, 0.15) is 0 Å². The number of halogens is 3. The van der Waals surface area contributed by atoms with E-state index in [0.29, 0.717) is 19.5 Å². The van der Waals surface area contributed by atoms with Crippen LogP contribution < -0.4 is 5.32 Å². The van der Waals surface area contributed by atoms with Crippen molar-refractivity contribution in [3.8, 4) is 0 Å². The average Bonchev–Trinajstić information content (AvgIpc) is 2.28. The van der Waals surface area contributed by atoms with E-state index < -0.39 is 17.8 Å². The lowest BCUT2D eigenvalue weighted by Crippen LogP contribution is -2.25. The zero-order chi connectivity index (χ0) is 12.9. The zero-order valence-electron chi connectivity index (χ0n) is 9.59. The van der Waals surface area contributed by atoms with Crippen molar-refractivity contribution in [2.24, 2.45) is 0 Å². The second kappa shape index (κ2) is 6.02. The van der Waals surface area contributed by atoms with Crippen molar-refractivity contribution in [2.45, 2.75) is 32.2 Å². The Hall–Kier alpha value is -1.07. The number of hydrogen-bond acceptors (Lipinski definition) is 2. The Balaban J connectivity index is 2.46. The van der Waals surface area contributed by atoms with Gasteiger partial charge in [-0.3, -0.25) is 0 Å². The smallest absolute Gasteiger partial charge is 0.392 e. The maximum absolute atomic E-state index is 12.3. The van der Waals surface area contributed by atoms with Crippen LogP contribution in [0.3, 0.4) is 0 Å². The van der Waals surface area contributed by atoms with Crippen molar-refractivity contribution in [3.05, 3.63) is 35.4 Å². The highest BCUT2D eigenvalue weighted by molar-refractivity contribution is 5.24. The normalized spacial score (nSPS) is 13.7. The van der Waals surface area contributed by atoms with Gasteiger partial charge in [-0.2, -0.15) is 13.2 Å². The first-order valence-corrected chi connectivity index (χ1v) is 5.48. The van der Waals surface area contributed by atoms with Crippen LogP contribution >= 0.6 is 0 Å². The van der Waals surface area contributed by atoms with Crippen LogP contribution in [0.1, 0.15) is 24.5 Å². The van der Waals surface area contributed by atoms with Gasteiger partial charge >= 0.3 is 6.18 Å². The fourth-order valence-corrected chi connectivity index (χ4v) is 1.34. The topological polar surface area (TPSA) is 32.3 Å². The predicted molar refractivity (Wildman–Crippen MR) is 59.4 cm³/mol. The number of rotatable bonds is 5. The van der Waals surface area contributed by atoms with E-state index in [1.165, 1.54) is 12.1 Å². The van der Waals surface area contributed by atoms with Gasteiger partial charge in [0.2, 0.25) is 0 Å². The highest BCUT2D eigenvalue weighted by Gasteiger charge is 2.29. The Morgan fingerprint density at radius 2 is 1.82 bits per heavy atom. The van der Waals surface area contributed by atoms with Crippen LogP contribution in [0.5, 0.6) is 0 Å². The molecular weight excluding hydrogens is 231 g/mol. The van der Waals surface area contributed by atoms with Gasteiger partial charge in [-0.25, -0.2) is 0 Å². The summed E-state index contributed by atoms with van der Waals surface area (Å²) in [6, 6.07) is 5.00.